The van der Waals surface area contributed by atoms with Gasteiger partial charge < -0.3 is 10.1 Å². The third-order valence-corrected chi connectivity index (χ3v) is 8.05. The van der Waals surface area contributed by atoms with Crippen LogP contribution in [0.2, 0.25) is 0 Å². The Balaban J connectivity index is 1.63. The first-order valence-electron chi connectivity index (χ1n) is 8.94. The molecule has 0 radical (unpaired) electrons. The van der Waals surface area contributed by atoms with Gasteiger partial charge in [0.1, 0.15) is 4.88 Å². The average Bonchev–Trinajstić information content (AvgIpc) is 3.17. The normalized spacial score (nSPS) is 23.9. The van der Waals surface area contributed by atoms with Crippen LogP contribution < -0.4 is 5.32 Å². The monoisotopic (exact) mass is 394 g/mol. The van der Waals surface area contributed by atoms with Gasteiger partial charge in [-0.1, -0.05) is 0 Å². The molecule has 0 aliphatic carbocycles. The highest BCUT2D eigenvalue weighted by Crippen LogP contribution is 2.31. The van der Waals surface area contributed by atoms with Crippen LogP contribution in [0.25, 0.3) is 10.1 Å². The summed E-state index contributed by atoms with van der Waals surface area (Å²) < 4.78 is 33.7. The number of fused-ring (bicyclic) bond motifs is 3. The van der Waals surface area contributed by atoms with Crippen molar-refractivity contribution in [2.24, 2.45) is 0 Å². The summed E-state index contributed by atoms with van der Waals surface area (Å²) in [6, 6.07) is 7.48. The number of nitrogens with one attached hydrogen (secondary N) is 1. The Labute approximate surface area is 157 Å². The number of esters is 1. The first-order valence-corrected chi connectivity index (χ1v) is 11.2. The van der Waals surface area contributed by atoms with E-state index in [-0.39, 0.29) is 16.9 Å². The summed E-state index contributed by atoms with van der Waals surface area (Å²) in [7, 11) is -3.54. The van der Waals surface area contributed by atoms with E-state index in [1.54, 1.807) is 35.5 Å². The summed E-state index contributed by atoms with van der Waals surface area (Å²) in [5.74, 6) is -0.368. The van der Waals surface area contributed by atoms with E-state index >= 15 is 0 Å². The van der Waals surface area contributed by atoms with Gasteiger partial charge in [0, 0.05) is 29.9 Å². The van der Waals surface area contributed by atoms with Crippen LogP contribution >= 0.6 is 11.3 Å². The van der Waals surface area contributed by atoms with Crippen molar-refractivity contribution >= 4 is 37.4 Å². The molecule has 26 heavy (non-hydrogen) atoms. The van der Waals surface area contributed by atoms with Gasteiger partial charge in [0.25, 0.3) is 0 Å². The molecule has 0 saturated carbocycles. The van der Waals surface area contributed by atoms with Crippen LogP contribution in [0.4, 0.5) is 0 Å². The van der Waals surface area contributed by atoms with Gasteiger partial charge in [-0.2, -0.15) is 4.31 Å². The zero-order valence-corrected chi connectivity index (χ0v) is 16.2. The van der Waals surface area contributed by atoms with E-state index < -0.39 is 10.0 Å². The summed E-state index contributed by atoms with van der Waals surface area (Å²) in [6.07, 6.45) is 3.02. The van der Waals surface area contributed by atoms with Gasteiger partial charge in [0.2, 0.25) is 10.0 Å². The second-order valence-electron chi connectivity index (χ2n) is 6.82. The third-order valence-electron chi connectivity index (χ3n) is 5.09. The number of thiophene rings is 1. The van der Waals surface area contributed by atoms with Gasteiger partial charge in [-0.05, 0) is 55.8 Å². The van der Waals surface area contributed by atoms with Crippen molar-refractivity contribution in [2.45, 2.75) is 43.2 Å². The topological polar surface area (TPSA) is 75.7 Å². The molecule has 140 valence electrons. The molecular formula is C18H22N2O4S2. The van der Waals surface area contributed by atoms with E-state index in [9.17, 15) is 13.2 Å². The second-order valence-corrected chi connectivity index (χ2v) is 9.84. The molecule has 2 fully saturated rings. The molecule has 1 N–H and O–H groups in total. The Bertz CT molecular complexity index is 938. The maximum absolute atomic E-state index is 13.1. The Hall–Kier alpha value is -1.48. The first-order chi connectivity index (χ1) is 12.5. The summed E-state index contributed by atoms with van der Waals surface area (Å²) >= 11 is 1.32. The average molecular weight is 395 g/mol. The van der Waals surface area contributed by atoms with Crippen molar-refractivity contribution < 1.29 is 17.9 Å². The molecule has 6 nitrogen and oxygen atoms in total. The van der Waals surface area contributed by atoms with Gasteiger partial charge in [0.05, 0.1) is 11.5 Å². The van der Waals surface area contributed by atoms with Crippen LogP contribution in [-0.4, -0.2) is 50.5 Å². The van der Waals surface area contributed by atoms with Crippen molar-refractivity contribution in [1.29, 1.82) is 0 Å². The molecule has 2 bridgehead atoms. The molecule has 0 amide bonds. The number of benzene rings is 1. The Morgan fingerprint density at radius 1 is 1.27 bits per heavy atom. The van der Waals surface area contributed by atoms with Gasteiger partial charge in [-0.25, -0.2) is 13.2 Å². The highest BCUT2D eigenvalue weighted by atomic mass is 32.2. The lowest BCUT2D eigenvalue weighted by Gasteiger charge is -2.23. The van der Waals surface area contributed by atoms with Crippen molar-refractivity contribution in [1.82, 2.24) is 9.62 Å². The zero-order chi connectivity index (χ0) is 18.3. The smallest absolute Gasteiger partial charge is 0.348 e. The summed E-state index contributed by atoms with van der Waals surface area (Å²) in [5.41, 5.74) is 0. The molecule has 2 unspecified atom stereocenters. The number of carbonyl (C=O) groups is 1. The van der Waals surface area contributed by atoms with Crippen LogP contribution in [0.15, 0.2) is 29.2 Å². The minimum absolute atomic E-state index is 0.248. The van der Waals surface area contributed by atoms with Gasteiger partial charge in [-0.3, -0.25) is 0 Å². The molecule has 2 aliphatic rings. The van der Waals surface area contributed by atoms with Crippen LogP contribution in [-0.2, 0) is 14.8 Å². The largest absolute Gasteiger partial charge is 0.462 e. The SMILES string of the molecule is CCOC(=O)c1cc2cc(S(=O)(=O)N3CCC4CCC(C3)N4)ccc2s1. The Kier molecular flexibility index (Phi) is 4.77. The predicted molar refractivity (Wildman–Crippen MR) is 101 cm³/mol. The predicted octanol–water partition coefficient (Wildman–Crippen LogP) is 2.59. The van der Waals surface area contributed by atoms with Gasteiger partial charge in [-0.15, -0.1) is 11.3 Å². The summed E-state index contributed by atoms with van der Waals surface area (Å²) in [4.78, 5) is 12.7. The highest BCUT2D eigenvalue weighted by molar-refractivity contribution is 7.89. The van der Waals surface area contributed by atoms with E-state index in [1.165, 1.54) is 11.3 Å². The fourth-order valence-corrected chi connectivity index (χ4v) is 6.24. The van der Waals surface area contributed by atoms with E-state index in [0.717, 1.165) is 29.3 Å². The van der Waals surface area contributed by atoms with E-state index in [1.807, 2.05) is 0 Å². The summed E-state index contributed by atoms with van der Waals surface area (Å²) in [6.45, 7) is 3.15. The minimum Gasteiger partial charge on any atom is -0.462 e. The van der Waals surface area contributed by atoms with Crippen LogP contribution in [0.5, 0.6) is 0 Å². The van der Waals surface area contributed by atoms with E-state index in [4.69, 9.17) is 4.74 Å². The molecule has 4 rings (SSSR count). The van der Waals surface area contributed by atoms with Gasteiger partial charge in [0.15, 0.2) is 0 Å². The number of ether oxygens (including phenoxy) is 1. The molecule has 8 heteroatoms. The molecule has 1 aromatic heterocycles. The van der Waals surface area contributed by atoms with E-state index in [0.29, 0.717) is 30.6 Å². The Morgan fingerprint density at radius 2 is 2.08 bits per heavy atom. The molecule has 2 atom stereocenters. The van der Waals surface area contributed by atoms with Crippen molar-refractivity contribution in [3.05, 3.63) is 29.1 Å². The van der Waals surface area contributed by atoms with Crippen molar-refractivity contribution in [2.75, 3.05) is 19.7 Å². The molecule has 0 spiro atoms. The number of sulfonamides is 1. The fraction of sp³-hybridized carbons (Fsp3) is 0.500. The summed E-state index contributed by atoms with van der Waals surface area (Å²) in [5, 5.41) is 4.27. The molecule has 3 heterocycles. The number of nitrogens with zero attached hydrogens (tertiary/aromatic N) is 1. The Morgan fingerprint density at radius 3 is 2.88 bits per heavy atom. The second kappa shape index (κ2) is 6.92. The molecule has 2 aromatic rings. The fourth-order valence-electron chi connectivity index (χ4n) is 3.76. The van der Waals surface area contributed by atoms with Crippen LogP contribution in [0.3, 0.4) is 0 Å². The number of rotatable bonds is 4. The minimum atomic E-state index is -3.54. The van der Waals surface area contributed by atoms with Crippen molar-refractivity contribution in [3.8, 4) is 0 Å². The van der Waals surface area contributed by atoms with Crippen LogP contribution in [0, 0.1) is 0 Å². The van der Waals surface area contributed by atoms with Crippen LogP contribution in [0.1, 0.15) is 35.9 Å². The van der Waals surface area contributed by atoms with Crippen molar-refractivity contribution in [3.63, 3.8) is 0 Å². The molecule has 2 saturated heterocycles. The number of hydrogen-bond donors (Lipinski definition) is 1. The maximum Gasteiger partial charge on any atom is 0.348 e. The number of carbonyl (C=O) groups excluding carboxylic acids is 1. The maximum atomic E-state index is 13.1. The molecular weight excluding hydrogens is 372 g/mol. The lowest BCUT2D eigenvalue weighted by Crippen LogP contribution is -2.39. The lowest BCUT2D eigenvalue weighted by molar-refractivity contribution is 0.0532. The molecule has 2 aliphatic heterocycles. The zero-order valence-electron chi connectivity index (χ0n) is 14.6. The quantitative estimate of drug-likeness (QED) is 0.807. The first kappa shape index (κ1) is 17.9. The number of hydrogen-bond acceptors (Lipinski definition) is 6. The third kappa shape index (κ3) is 3.26. The molecule has 1 aromatic carbocycles. The van der Waals surface area contributed by atoms with Gasteiger partial charge >= 0.3 is 5.97 Å². The lowest BCUT2D eigenvalue weighted by atomic mass is 10.1. The van der Waals surface area contributed by atoms with E-state index in [2.05, 4.69) is 5.32 Å². The highest BCUT2D eigenvalue weighted by Gasteiger charge is 2.35. The standard InChI is InChI=1S/C18H22N2O4S2/c1-2-24-18(21)17-10-12-9-15(5-6-16(12)25-17)26(22,23)20-8-7-13-3-4-14(11-20)19-13/h5-6,9-10,13-14,19H,2-4,7-8,11H2,1H3.